The van der Waals surface area contributed by atoms with Crippen LogP contribution < -0.4 is 24.4 Å². The average Bonchev–Trinajstić information content (AvgIpc) is 3.25. The maximum absolute atomic E-state index is 13.9. The van der Waals surface area contributed by atoms with E-state index in [1.165, 1.54) is 33.6 Å². The zero-order valence-electron chi connectivity index (χ0n) is 21.4. The highest BCUT2D eigenvalue weighted by molar-refractivity contribution is 7.07. The first-order chi connectivity index (χ1) is 18.6. The number of ether oxygens (including phenoxy) is 2. The first kappa shape index (κ1) is 24.2. The van der Waals surface area contributed by atoms with Gasteiger partial charge in [0.1, 0.15) is 6.61 Å². The maximum atomic E-state index is 13.9. The number of benzene rings is 3. The number of allylic oxidation sites excluding steroid dienone is 1. The van der Waals surface area contributed by atoms with Crippen molar-refractivity contribution >= 4 is 23.1 Å². The Bertz CT molecular complexity index is 1760. The first-order valence-corrected chi connectivity index (χ1v) is 13.5. The minimum atomic E-state index is -0.179. The summed E-state index contributed by atoms with van der Waals surface area (Å²) >= 11 is 1.43. The summed E-state index contributed by atoms with van der Waals surface area (Å²) in [4.78, 5) is 19.8. The third-order valence-corrected chi connectivity index (χ3v) is 8.09. The molecule has 1 atom stereocenters. The average molecular weight is 521 g/mol. The number of fused-ring (bicyclic) bond motifs is 3. The van der Waals surface area contributed by atoms with E-state index < -0.39 is 0 Å². The van der Waals surface area contributed by atoms with Crippen molar-refractivity contribution < 1.29 is 9.47 Å². The van der Waals surface area contributed by atoms with Gasteiger partial charge in [0, 0.05) is 5.56 Å². The molecule has 1 aromatic heterocycles. The molecule has 4 aromatic rings. The van der Waals surface area contributed by atoms with Crippen molar-refractivity contribution in [3.05, 3.63) is 132 Å². The Morgan fingerprint density at radius 2 is 1.89 bits per heavy atom. The molecule has 1 aliphatic carbocycles. The number of aromatic nitrogens is 1. The van der Waals surface area contributed by atoms with Crippen LogP contribution in [0.3, 0.4) is 0 Å². The molecule has 0 radical (unpaired) electrons. The van der Waals surface area contributed by atoms with Crippen LogP contribution in [0.5, 0.6) is 11.5 Å². The molecule has 190 valence electrons. The van der Waals surface area contributed by atoms with Gasteiger partial charge in [0.25, 0.3) is 5.56 Å². The van der Waals surface area contributed by atoms with Crippen molar-refractivity contribution in [3.63, 3.8) is 0 Å². The van der Waals surface area contributed by atoms with Crippen LogP contribution in [0.4, 0.5) is 0 Å². The van der Waals surface area contributed by atoms with Crippen molar-refractivity contribution in [1.29, 1.82) is 0 Å². The fourth-order valence-electron chi connectivity index (χ4n) is 5.26. The molecule has 2 aliphatic rings. The first-order valence-electron chi connectivity index (χ1n) is 12.7. The van der Waals surface area contributed by atoms with Gasteiger partial charge in [-0.25, -0.2) is 4.99 Å². The molecule has 2 heterocycles. The van der Waals surface area contributed by atoms with Crippen LogP contribution in [0.1, 0.15) is 40.3 Å². The van der Waals surface area contributed by atoms with E-state index in [0.717, 1.165) is 34.5 Å². The summed E-state index contributed by atoms with van der Waals surface area (Å²) in [6.45, 7) is 6.17. The summed E-state index contributed by atoms with van der Waals surface area (Å²) in [5, 5.41) is 0. The van der Waals surface area contributed by atoms with Gasteiger partial charge in [-0.3, -0.25) is 9.36 Å². The fourth-order valence-corrected chi connectivity index (χ4v) is 6.27. The molecule has 38 heavy (non-hydrogen) atoms. The Morgan fingerprint density at radius 1 is 1.08 bits per heavy atom. The number of hydrogen-bond donors (Lipinski definition) is 0. The van der Waals surface area contributed by atoms with Gasteiger partial charge in [-0.15, -0.1) is 0 Å². The second-order valence-electron chi connectivity index (χ2n) is 9.53. The molecule has 0 saturated carbocycles. The molecule has 6 rings (SSSR count). The lowest BCUT2D eigenvalue weighted by Gasteiger charge is -2.30. The van der Waals surface area contributed by atoms with Crippen LogP contribution in [-0.4, -0.2) is 18.3 Å². The van der Waals surface area contributed by atoms with E-state index in [0.29, 0.717) is 22.6 Å². The van der Waals surface area contributed by atoms with E-state index in [9.17, 15) is 4.79 Å². The van der Waals surface area contributed by atoms with Gasteiger partial charge in [-0.05, 0) is 60.2 Å². The van der Waals surface area contributed by atoms with Gasteiger partial charge in [0.2, 0.25) is 0 Å². The topological polar surface area (TPSA) is 52.8 Å². The van der Waals surface area contributed by atoms with E-state index in [1.807, 2.05) is 28.8 Å². The van der Waals surface area contributed by atoms with Crippen molar-refractivity contribution in [2.24, 2.45) is 4.99 Å². The molecule has 1 aliphatic heterocycles. The zero-order valence-corrected chi connectivity index (χ0v) is 22.3. The SMILES string of the molecule is C=CCOc1ccc(C=c2sc3n(c2=O)C(c2ccc(C)cc2)C2=C(N=3)c3ccccc3CC2)cc1OC. The smallest absolute Gasteiger partial charge is 0.271 e. The Kier molecular flexibility index (Phi) is 6.34. The lowest BCUT2D eigenvalue weighted by atomic mass is 9.83. The molecule has 0 amide bonds. The fraction of sp³-hybridized carbons (Fsp3) is 0.188. The van der Waals surface area contributed by atoms with E-state index >= 15 is 0 Å². The number of hydrogen-bond acceptors (Lipinski definition) is 5. The minimum Gasteiger partial charge on any atom is -0.493 e. The highest BCUT2D eigenvalue weighted by atomic mass is 32.1. The van der Waals surface area contributed by atoms with E-state index in [2.05, 4.69) is 62.0 Å². The predicted octanol–water partition coefficient (Wildman–Crippen LogP) is 5.20. The standard InChI is InChI=1S/C32H28N2O3S/c1-4-17-37-26-16-11-21(18-27(26)36-3)19-28-31(35)34-30(23-12-9-20(2)10-13-23)25-15-14-22-7-5-6-8-24(22)29(25)33-32(34)38-28/h4-13,16,18-19,30H,1,14-15,17H2,2-3H3. The molecule has 0 fully saturated rings. The molecule has 0 saturated heterocycles. The summed E-state index contributed by atoms with van der Waals surface area (Å²) < 4.78 is 13.7. The van der Waals surface area contributed by atoms with Crippen molar-refractivity contribution in [1.82, 2.24) is 4.57 Å². The summed E-state index contributed by atoms with van der Waals surface area (Å²) in [5.41, 5.74) is 7.82. The van der Waals surface area contributed by atoms with E-state index in [1.54, 1.807) is 13.2 Å². The Labute approximate surface area is 225 Å². The second kappa shape index (κ2) is 9.95. The Hall–Kier alpha value is -4.16. The number of nitrogens with zero attached hydrogens (tertiary/aromatic N) is 2. The monoisotopic (exact) mass is 520 g/mol. The molecular formula is C32H28N2O3S. The lowest BCUT2D eigenvalue weighted by Crippen LogP contribution is -2.38. The third kappa shape index (κ3) is 4.21. The predicted molar refractivity (Wildman–Crippen MR) is 153 cm³/mol. The number of methoxy groups -OCH3 is 1. The van der Waals surface area contributed by atoms with Crippen molar-refractivity contribution in [3.8, 4) is 11.5 Å². The molecule has 0 spiro atoms. The van der Waals surface area contributed by atoms with Gasteiger partial charge in [0.15, 0.2) is 16.3 Å². The third-order valence-electron chi connectivity index (χ3n) is 7.11. The number of thiazole rings is 1. The highest BCUT2D eigenvalue weighted by Crippen LogP contribution is 2.41. The van der Waals surface area contributed by atoms with E-state index in [-0.39, 0.29) is 11.6 Å². The molecule has 3 aromatic carbocycles. The lowest BCUT2D eigenvalue weighted by molar-refractivity contribution is 0.326. The Balaban J connectivity index is 1.53. The van der Waals surface area contributed by atoms with Crippen molar-refractivity contribution in [2.45, 2.75) is 25.8 Å². The normalized spacial score (nSPS) is 16.3. The summed E-state index contributed by atoms with van der Waals surface area (Å²) in [7, 11) is 1.61. The largest absolute Gasteiger partial charge is 0.493 e. The second-order valence-corrected chi connectivity index (χ2v) is 10.5. The number of rotatable bonds is 6. The van der Waals surface area contributed by atoms with E-state index in [4.69, 9.17) is 14.5 Å². The van der Waals surface area contributed by atoms with Gasteiger partial charge < -0.3 is 9.47 Å². The molecule has 1 unspecified atom stereocenters. The highest BCUT2D eigenvalue weighted by Gasteiger charge is 2.32. The molecular weight excluding hydrogens is 492 g/mol. The van der Waals surface area contributed by atoms with Crippen molar-refractivity contribution in [2.75, 3.05) is 13.7 Å². The van der Waals surface area contributed by atoms with Gasteiger partial charge in [-0.2, -0.15) is 0 Å². The van der Waals surface area contributed by atoms with Crippen LogP contribution in [0, 0.1) is 6.92 Å². The van der Waals surface area contributed by atoms with Gasteiger partial charge >= 0.3 is 0 Å². The Morgan fingerprint density at radius 3 is 2.68 bits per heavy atom. The van der Waals surface area contributed by atoms with Crippen LogP contribution in [-0.2, 0) is 6.42 Å². The number of aryl methyl sites for hydroxylation is 2. The quantitative estimate of drug-likeness (QED) is 0.329. The summed E-state index contributed by atoms with van der Waals surface area (Å²) in [5.74, 6) is 1.25. The van der Waals surface area contributed by atoms with Gasteiger partial charge in [0.05, 0.1) is 23.4 Å². The zero-order chi connectivity index (χ0) is 26.2. The summed E-state index contributed by atoms with van der Waals surface area (Å²) in [6, 6.07) is 22.5. The molecule has 0 N–H and O–H groups in total. The van der Waals surface area contributed by atoms with Crippen LogP contribution in [0.25, 0.3) is 11.8 Å². The molecule has 5 nitrogen and oxygen atoms in total. The molecule has 0 bridgehead atoms. The van der Waals surface area contributed by atoms with Crippen LogP contribution in [0.15, 0.2) is 94.7 Å². The maximum Gasteiger partial charge on any atom is 0.271 e. The van der Waals surface area contributed by atoms with Crippen LogP contribution >= 0.6 is 11.3 Å². The van der Waals surface area contributed by atoms with Gasteiger partial charge in [-0.1, -0.05) is 84.2 Å². The molecule has 6 heteroatoms. The summed E-state index contributed by atoms with van der Waals surface area (Å²) in [6.07, 6.45) is 5.42. The van der Waals surface area contributed by atoms with Crippen LogP contribution in [0.2, 0.25) is 0 Å². The minimum absolute atomic E-state index is 0.0318.